The number of hydrogen-bond donors (Lipinski definition) is 0. The summed E-state index contributed by atoms with van der Waals surface area (Å²) in [7, 11) is 0. The molecule has 0 amide bonds. The van der Waals surface area contributed by atoms with Gasteiger partial charge in [0, 0.05) is 5.39 Å². The molecule has 0 aliphatic carbocycles. The molecule has 0 atom stereocenters. The third-order valence-corrected chi connectivity index (χ3v) is 4.28. The Balaban J connectivity index is 2.46. The highest BCUT2D eigenvalue weighted by Crippen LogP contribution is 2.42. The van der Waals surface area contributed by atoms with Crippen LogP contribution in [-0.2, 0) is 0 Å². The van der Waals surface area contributed by atoms with Crippen LogP contribution in [-0.4, -0.2) is 0 Å². The minimum Gasteiger partial charge on any atom is -0.237 e. The van der Waals surface area contributed by atoms with Crippen LogP contribution in [0.2, 0.25) is 0 Å². The number of nitrogens with zero attached hydrogens (tertiary/aromatic N) is 2. The lowest BCUT2D eigenvalue weighted by molar-refractivity contribution is 1.49. The minimum absolute atomic E-state index is 0.679. The molecule has 0 radical (unpaired) electrons. The number of aryl methyl sites for hydroxylation is 2. The second kappa shape index (κ2) is 4.20. The van der Waals surface area contributed by atoms with Crippen LogP contribution in [0.25, 0.3) is 37.2 Å². The molecular weight excluding hydrogens is 268 g/mol. The Labute approximate surface area is 128 Å². The van der Waals surface area contributed by atoms with Gasteiger partial charge in [0.25, 0.3) is 0 Å². The maximum Gasteiger partial charge on any atom is 0.195 e. The number of nitriles is 1. The summed E-state index contributed by atoms with van der Waals surface area (Å²) < 4.78 is 0. The topological polar surface area (TPSA) is 28.1 Å². The van der Waals surface area contributed by atoms with Crippen molar-refractivity contribution in [2.75, 3.05) is 0 Å². The van der Waals surface area contributed by atoms with Crippen molar-refractivity contribution in [3.05, 3.63) is 64.5 Å². The lowest BCUT2D eigenvalue weighted by Crippen LogP contribution is -1.90. The van der Waals surface area contributed by atoms with Crippen LogP contribution in [0, 0.1) is 31.8 Å². The second-order valence-corrected chi connectivity index (χ2v) is 5.86. The van der Waals surface area contributed by atoms with Crippen molar-refractivity contribution in [2.24, 2.45) is 0 Å². The zero-order valence-corrected chi connectivity index (χ0v) is 12.4. The summed E-state index contributed by atoms with van der Waals surface area (Å²) >= 11 is 0. The van der Waals surface area contributed by atoms with Gasteiger partial charge in [0.05, 0.1) is 18.2 Å². The van der Waals surface area contributed by atoms with Crippen LogP contribution in [0.1, 0.15) is 16.7 Å². The van der Waals surface area contributed by atoms with Crippen molar-refractivity contribution < 1.29 is 0 Å². The second-order valence-electron chi connectivity index (χ2n) is 5.86. The Kier molecular flexibility index (Phi) is 2.41. The third kappa shape index (κ3) is 1.53. The molecule has 102 valence electrons. The zero-order chi connectivity index (χ0) is 15.4. The van der Waals surface area contributed by atoms with Crippen molar-refractivity contribution in [3.8, 4) is 6.07 Å². The Morgan fingerprint density at radius 1 is 0.864 bits per heavy atom. The first-order chi connectivity index (χ1) is 10.6. The van der Waals surface area contributed by atoms with E-state index < -0.39 is 0 Å². The predicted octanol–water partition coefficient (Wildman–Crippen LogP) is 5.62. The van der Waals surface area contributed by atoms with Gasteiger partial charge in [-0.05, 0) is 58.5 Å². The fourth-order valence-corrected chi connectivity index (χ4v) is 3.47. The van der Waals surface area contributed by atoms with Gasteiger partial charge in [-0.25, -0.2) is 4.85 Å². The average molecular weight is 280 g/mol. The number of hydrogen-bond acceptors (Lipinski definition) is 1. The Morgan fingerprint density at radius 3 is 2.09 bits per heavy atom. The Morgan fingerprint density at radius 2 is 1.45 bits per heavy atom. The first kappa shape index (κ1) is 12.6. The van der Waals surface area contributed by atoms with Crippen molar-refractivity contribution in [3.63, 3.8) is 0 Å². The molecule has 0 N–H and O–H groups in total. The van der Waals surface area contributed by atoms with Crippen LogP contribution in [0.15, 0.2) is 36.4 Å². The maximum atomic E-state index is 9.52. The molecule has 0 unspecified atom stereocenters. The molecule has 22 heavy (non-hydrogen) atoms. The molecule has 0 saturated heterocycles. The molecule has 0 saturated carbocycles. The van der Waals surface area contributed by atoms with Gasteiger partial charge in [-0.15, -0.1) is 0 Å². The van der Waals surface area contributed by atoms with E-state index in [1.165, 1.54) is 0 Å². The van der Waals surface area contributed by atoms with E-state index >= 15 is 0 Å². The maximum absolute atomic E-state index is 9.52. The fourth-order valence-electron chi connectivity index (χ4n) is 3.47. The Bertz CT molecular complexity index is 1060. The highest BCUT2D eigenvalue weighted by Gasteiger charge is 2.15. The SMILES string of the molecule is [C-]#[N+]c1cc2cc(C)cc3c(C#N)cc4cc(C)cc1c4c23. The summed E-state index contributed by atoms with van der Waals surface area (Å²) in [5, 5.41) is 15.8. The molecule has 0 fully saturated rings. The molecule has 0 bridgehead atoms. The minimum atomic E-state index is 0.679. The van der Waals surface area contributed by atoms with E-state index in [9.17, 15) is 5.26 Å². The van der Waals surface area contributed by atoms with Gasteiger partial charge in [0.15, 0.2) is 5.69 Å². The van der Waals surface area contributed by atoms with E-state index in [0.717, 1.165) is 43.4 Å². The van der Waals surface area contributed by atoms with E-state index in [4.69, 9.17) is 6.57 Å². The van der Waals surface area contributed by atoms with Crippen LogP contribution in [0.3, 0.4) is 0 Å². The van der Waals surface area contributed by atoms with Crippen LogP contribution < -0.4 is 0 Å². The van der Waals surface area contributed by atoms with Crippen molar-refractivity contribution in [1.29, 1.82) is 5.26 Å². The highest BCUT2D eigenvalue weighted by atomic mass is 14.6. The summed E-state index contributed by atoms with van der Waals surface area (Å²) in [4.78, 5) is 3.72. The highest BCUT2D eigenvalue weighted by molar-refractivity contribution is 6.27. The lowest BCUT2D eigenvalue weighted by Gasteiger charge is -2.15. The zero-order valence-electron chi connectivity index (χ0n) is 12.4. The van der Waals surface area contributed by atoms with Gasteiger partial charge in [-0.2, -0.15) is 5.26 Å². The van der Waals surface area contributed by atoms with E-state index in [1.807, 2.05) is 26.0 Å². The van der Waals surface area contributed by atoms with E-state index in [1.54, 1.807) is 0 Å². The number of rotatable bonds is 0. The largest absolute Gasteiger partial charge is 0.237 e. The fraction of sp³-hybridized carbons (Fsp3) is 0.100. The molecule has 2 nitrogen and oxygen atoms in total. The van der Waals surface area contributed by atoms with Crippen LogP contribution >= 0.6 is 0 Å². The van der Waals surface area contributed by atoms with E-state index in [2.05, 4.69) is 35.2 Å². The summed E-state index contributed by atoms with van der Waals surface area (Å²) in [6.07, 6.45) is 0. The monoisotopic (exact) mass is 280 g/mol. The molecular formula is C20H12N2. The summed E-state index contributed by atoms with van der Waals surface area (Å²) in [6.45, 7) is 11.6. The molecule has 4 aromatic carbocycles. The van der Waals surface area contributed by atoms with E-state index in [-0.39, 0.29) is 0 Å². The molecule has 0 aliphatic heterocycles. The van der Waals surface area contributed by atoms with Crippen molar-refractivity contribution in [1.82, 2.24) is 0 Å². The molecule has 0 heterocycles. The van der Waals surface area contributed by atoms with Crippen LogP contribution in [0.5, 0.6) is 0 Å². The van der Waals surface area contributed by atoms with E-state index in [0.29, 0.717) is 11.3 Å². The van der Waals surface area contributed by atoms with Gasteiger partial charge in [-0.3, -0.25) is 0 Å². The standard InChI is InChI=1S/C20H12N2/c1-11-5-14-9-18(22-3)17-7-12(2)4-13-8-15(10-21)16(6-11)19(14)20(13)17/h4-9H,1-2H3. The normalized spacial score (nSPS) is 11.1. The molecule has 0 aromatic heterocycles. The smallest absolute Gasteiger partial charge is 0.195 e. The summed E-state index contributed by atoms with van der Waals surface area (Å²) in [5.41, 5.74) is 3.59. The third-order valence-electron chi connectivity index (χ3n) is 4.28. The van der Waals surface area contributed by atoms with Gasteiger partial charge in [0.1, 0.15) is 0 Å². The summed E-state index contributed by atoms with van der Waals surface area (Å²) in [6, 6.07) is 14.5. The quantitative estimate of drug-likeness (QED) is 0.303. The molecule has 0 aliphatic rings. The average Bonchev–Trinajstić information content (AvgIpc) is 2.50. The number of benzene rings is 4. The molecule has 2 heteroatoms. The van der Waals surface area contributed by atoms with Crippen molar-refractivity contribution >= 4 is 38.0 Å². The molecule has 4 aromatic rings. The van der Waals surface area contributed by atoms with Gasteiger partial charge >= 0.3 is 0 Å². The van der Waals surface area contributed by atoms with Gasteiger partial charge in [0.2, 0.25) is 0 Å². The Hall–Kier alpha value is -3.10. The first-order valence-electron chi connectivity index (χ1n) is 7.13. The first-order valence-corrected chi connectivity index (χ1v) is 7.13. The lowest BCUT2D eigenvalue weighted by atomic mass is 9.89. The van der Waals surface area contributed by atoms with Gasteiger partial charge in [-0.1, -0.05) is 29.8 Å². The molecule has 4 rings (SSSR count). The van der Waals surface area contributed by atoms with Crippen LogP contribution in [0.4, 0.5) is 5.69 Å². The summed E-state index contributed by atoms with van der Waals surface area (Å²) in [5.74, 6) is 0. The van der Waals surface area contributed by atoms with Crippen molar-refractivity contribution in [2.45, 2.75) is 13.8 Å². The molecule has 0 spiro atoms. The van der Waals surface area contributed by atoms with Gasteiger partial charge < -0.3 is 0 Å². The predicted molar refractivity (Wildman–Crippen MR) is 90.6 cm³/mol.